The van der Waals surface area contributed by atoms with Crippen LogP contribution in [-0.4, -0.2) is 6.61 Å². The van der Waals surface area contributed by atoms with Gasteiger partial charge < -0.3 is 4.74 Å². The molecule has 1 aliphatic rings. The van der Waals surface area contributed by atoms with Crippen molar-refractivity contribution in [3.8, 4) is 5.75 Å². The molecule has 1 atom stereocenters. The number of fused-ring (bicyclic) bond motifs is 1. The second-order valence-electron chi connectivity index (χ2n) is 3.84. The van der Waals surface area contributed by atoms with E-state index < -0.39 is 0 Å². The molecule has 0 fully saturated rings. The molecule has 0 amide bonds. The minimum atomic E-state index is 0.508. The summed E-state index contributed by atoms with van der Waals surface area (Å²) in [5.41, 5.74) is 1.27. The summed E-state index contributed by atoms with van der Waals surface area (Å²) in [5.74, 6) is 2.12. The Balaban J connectivity index is 2.40. The van der Waals surface area contributed by atoms with E-state index in [9.17, 15) is 0 Å². The molecule has 0 unspecified atom stereocenters. The van der Waals surface area contributed by atoms with Crippen LogP contribution >= 0.6 is 11.6 Å². The standard InChI is InChI=1S/C11H13ClO/c1-7(2)10-6-13-11-4-3-8(12)5-9(10)11/h3-5,7,10H,6H2,1-2H3/t10-/m1/s1. The molecule has 1 heterocycles. The lowest BCUT2D eigenvalue weighted by atomic mass is 9.90. The number of rotatable bonds is 1. The van der Waals surface area contributed by atoms with E-state index in [0.717, 1.165) is 17.4 Å². The van der Waals surface area contributed by atoms with Crippen LogP contribution in [0.15, 0.2) is 18.2 Å². The zero-order valence-corrected chi connectivity index (χ0v) is 8.64. The zero-order chi connectivity index (χ0) is 9.42. The average Bonchev–Trinajstić information content (AvgIpc) is 2.46. The quantitative estimate of drug-likeness (QED) is 0.669. The molecule has 0 radical (unpaired) electrons. The molecule has 0 bridgehead atoms. The van der Waals surface area contributed by atoms with E-state index in [0.29, 0.717) is 11.8 Å². The van der Waals surface area contributed by atoms with Crippen LogP contribution in [-0.2, 0) is 0 Å². The van der Waals surface area contributed by atoms with Crippen molar-refractivity contribution in [2.75, 3.05) is 6.61 Å². The van der Waals surface area contributed by atoms with Crippen molar-refractivity contribution in [2.24, 2.45) is 5.92 Å². The van der Waals surface area contributed by atoms with Crippen LogP contribution in [0.2, 0.25) is 5.02 Å². The van der Waals surface area contributed by atoms with Crippen LogP contribution in [0.3, 0.4) is 0 Å². The monoisotopic (exact) mass is 196 g/mol. The van der Waals surface area contributed by atoms with E-state index in [4.69, 9.17) is 16.3 Å². The Morgan fingerprint density at radius 1 is 1.46 bits per heavy atom. The molecule has 0 N–H and O–H groups in total. The van der Waals surface area contributed by atoms with Gasteiger partial charge in [0.15, 0.2) is 0 Å². The zero-order valence-electron chi connectivity index (χ0n) is 7.88. The molecular weight excluding hydrogens is 184 g/mol. The largest absolute Gasteiger partial charge is 0.493 e. The fourth-order valence-electron chi connectivity index (χ4n) is 1.76. The molecule has 2 heteroatoms. The highest BCUT2D eigenvalue weighted by Crippen LogP contribution is 2.39. The van der Waals surface area contributed by atoms with Gasteiger partial charge >= 0.3 is 0 Å². The second kappa shape index (κ2) is 3.22. The van der Waals surface area contributed by atoms with Gasteiger partial charge in [-0.3, -0.25) is 0 Å². The van der Waals surface area contributed by atoms with Crippen LogP contribution in [0.1, 0.15) is 25.3 Å². The first-order chi connectivity index (χ1) is 6.18. The lowest BCUT2D eigenvalue weighted by Crippen LogP contribution is -2.07. The fraction of sp³-hybridized carbons (Fsp3) is 0.455. The highest BCUT2D eigenvalue weighted by Gasteiger charge is 2.26. The molecule has 0 saturated heterocycles. The summed E-state index contributed by atoms with van der Waals surface area (Å²) in [6.45, 7) is 5.22. The molecule has 13 heavy (non-hydrogen) atoms. The second-order valence-corrected chi connectivity index (χ2v) is 4.28. The van der Waals surface area contributed by atoms with E-state index in [-0.39, 0.29) is 0 Å². The summed E-state index contributed by atoms with van der Waals surface area (Å²) < 4.78 is 5.57. The van der Waals surface area contributed by atoms with Gasteiger partial charge in [0.2, 0.25) is 0 Å². The smallest absolute Gasteiger partial charge is 0.123 e. The molecule has 1 aromatic carbocycles. The molecule has 0 aliphatic carbocycles. The summed E-state index contributed by atoms with van der Waals surface area (Å²) in [5, 5.41) is 0.801. The van der Waals surface area contributed by atoms with Gasteiger partial charge in [-0.1, -0.05) is 25.4 Å². The number of halogens is 1. The van der Waals surface area contributed by atoms with Gasteiger partial charge in [-0.25, -0.2) is 0 Å². The Morgan fingerprint density at radius 3 is 2.92 bits per heavy atom. The summed E-state index contributed by atoms with van der Waals surface area (Å²) in [7, 11) is 0. The molecular formula is C11H13ClO. The summed E-state index contributed by atoms with van der Waals surface area (Å²) in [6, 6.07) is 5.86. The van der Waals surface area contributed by atoms with Crippen molar-refractivity contribution in [3.63, 3.8) is 0 Å². The topological polar surface area (TPSA) is 9.23 Å². The number of ether oxygens (including phenoxy) is 1. The Morgan fingerprint density at radius 2 is 2.23 bits per heavy atom. The maximum atomic E-state index is 5.94. The van der Waals surface area contributed by atoms with Crippen molar-refractivity contribution < 1.29 is 4.74 Å². The van der Waals surface area contributed by atoms with Crippen molar-refractivity contribution in [1.82, 2.24) is 0 Å². The van der Waals surface area contributed by atoms with E-state index >= 15 is 0 Å². The predicted octanol–water partition coefficient (Wildman–Crippen LogP) is 3.47. The van der Waals surface area contributed by atoms with E-state index in [2.05, 4.69) is 13.8 Å². The minimum Gasteiger partial charge on any atom is -0.493 e. The predicted molar refractivity (Wildman–Crippen MR) is 54.5 cm³/mol. The van der Waals surface area contributed by atoms with Gasteiger partial charge in [0, 0.05) is 16.5 Å². The van der Waals surface area contributed by atoms with Gasteiger partial charge in [0.05, 0.1) is 6.61 Å². The van der Waals surface area contributed by atoms with Crippen molar-refractivity contribution >= 4 is 11.6 Å². The Labute approximate surface area is 83.7 Å². The van der Waals surface area contributed by atoms with Crippen molar-refractivity contribution in [3.05, 3.63) is 28.8 Å². The summed E-state index contributed by atoms with van der Waals surface area (Å²) >= 11 is 5.94. The van der Waals surface area contributed by atoms with Crippen LogP contribution < -0.4 is 4.74 Å². The lowest BCUT2D eigenvalue weighted by molar-refractivity contribution is 0.304. The fourth-order valence-corrected chi connectivity index (χ4v) is 1.94. The average molecular weight is 197 g/mol. The van der Waals surface area contributed by atoms with Crippen LogP contribution in [0.4, 0.5) is 0 Å². The maximum Gasteiger partial charge on any atom is 0.123 e. The molecule has 2 rings (SSSR count). The van der Waals surface area contributed by atoms with Crippen molar-refractivity contribution in [2.45, 2.75) is 19.8 Å². The minimum absolute atomic E-state index is 0.508. The Hall–Kier alpha value is -0.690. The van der Waals surface area contributed by atoms with Gasteiger partial charge in [-0.05, 0) is 24.1 Å². The maximum absolute atomic E-state index is 5.94. The first-order valence-electron chi connectivity index (χ1n) is 4.60. The van der Waals surface area contributed by atoms with Gasteiger partial charge in [-0.2, -0.15) is 0 Å². The van der Waals surface area contributed by atoms with Crippen LogP contribution in [0.25, 0.3) is 0 Å². The number of benzene rings is 1. The highest BCUT2D eigenvalue weighted by molar-refractivity contribution is 6.30. The molecule has 1 aliphatic heterocycles. The molecule has 0 aromatic heterocycles. The summed E-state index contributed by atoms with van der Waals surface area (Å²) in [6.07, 6.45) is 0. The van der Waals surface area contributed by atoms with Crippen LogP contribution in [0, 0.1) is 5.92 Å². The lowest BCUT2D eigenvalue weighted by Gasteiger charge is -2.12. The van der Waals surface area contributed by atoms with E-state index in [1.807, 2.05) is 18.2 Å². The van der Waals surface area contributed by atoms with E-state index in [1.165, 1.54) is 5.56 Å². The number of hydrogen-bond acceptors (Lipinski definition) is 1. The van der Waals surface area contributed by atoms with Gasteiger partial charge in [0.25, 0.3) is 0 Å². The first kappa shape index (κ1) is 8.89. The molecule has 0 saturated carbocycles. The van der Waals surface area contributed by atoms with Gasteiger partial charge in [0.1, 0.15) is 5.75 Å². The van der Waals surface area contributed by atoms with E-state index in [1.54, 1.807) is 0 Å². The molecule has 70 valence electrons. The van der Waals surface area contributed by atoms with Crippen LogP contribution in [0.5, 0.6) is 5.75 Å². The number of hydrogen-bond donors (Lipinski definition) is 0. The molecule has 1 nitrogen and oxygen atoms in total. The summed E-state index contributed by atoms with van der Waals surface area (Å²) in [4.78, 5) is 0. The third-order valence-electron chi connectivity index (χ3n) is 2.59. The molecule has 0 spiro atoms. The Bertz CT molecular complexity index is 320. The van der Waals surface area contributed by atoms with Gasteiger partial charge in [-0.15, -0.1) is 0 Å². The first-order valence-corrected chi connectivity index (χ1v) is 4.98. The highest BCUT2D eigenvalue weighted by atomic mass is 35.5. The molecule has 1 aromatic rings. The normalized spacial score (nSPS) is 20.2. The third-order valence-corrected chi connectivity index (χ3v) is 2.83. The third kappa shape index (κ3) is 1.53. The van der Waals surface area contributed by atoms with Crippen molar-refractivity contribution in [1.29, 1.82) is 0 Å². The Kier molecular flexibility index (Phi) is 2.20. The SMILES string of the molecule is CC(C)[C@H]1COc2ccc(Cl)cc21.